The maximum Gasteiger partial charge on any atom is 0.176 e. The van der Waals surface area contributed by atoms with E-state index in [1.165, 1.54) is 0 Å². The highest BCUT2D eigenvalue weighted by Gasteiger charge is 2.25. The van der Waals surface area contributed by atoms with Gasteiger partial charge in [0, 0.05) is 10.8 Å². The minimum atomic E-state index is -0.423. The lowest BCUT2D eigenvalue weighted by Gasteiger charge is -2.27. The Morgan fingerprint density at radius 1 is 0.833 bits per heavy atom. The predicted octanol–water partition coefficient (Wildman–Crippen LogP) is 4.59. The molecule has 2 N–H and O–H groups in total. The van der Waals surface area contributed by atoms with Crippen molar-refractivity contribution in [1.29, 1.82) is 0 Å². The molecule has 30 heavy (non-hydrogen) atoms. The number of allylic oxidation sites excluding steroid dienone is 2. The molecule has 2 aliphatic rings. The summed E-state index contributed by atoms with van der Waals surface area (Å²) in [6.45, 7) is 4.01. The summed E-state index contributed by atoms with van der Waals surface area (Å²) in [6, 6.07) is 7.83. The summed E-state index contributed by atoms with van der Waals surface area (Å²) < 4.78 is 11.3. The molecule has 156 valence electrons. The zero-order chi connectivity index (χ0) is 20.9. The predicted molar refractivity (Wildman–Crippen MR) is 119 cm³/mol. The molecule has 0 bridgehead atoms. The number of anilines is 2. The summed E-state index contributed by atoms with van der Waals surface area (Å²) in [5.41, 5.74) is 5.15. The van der Waals surface area contributed by atoms with Gasteiger partial charge in [0.25, 0.3) is 0 Å². The molecule has 0 amide bonds. The van der Waals surface area contributed by atoms with Crippen LogP contribution in [0.4, 0.5) is 11.6 Å². The minimum absolute atomic E-state index is 0.423. The molecule has 2 atom stereocenters. The van der Waals surface area contributed by atoms with Gasteiger partial charge in [0.1, 0.15) is 11.2 Å². The molecule has 1 aromatic carbocycles. The third-order valence-corrected chi connectivity index (χ3v) is 5.19. The van der Waals surface area contributed by atoms with Gasteiger partial charge in [0.15, 0.2) is 11.6 Å². The number of nitrogens with zero attached hydrogens (tertiary/aromatic N) is 4. The largest absolute Gasteiger partial charge is 0.490 e. The highest BCUT2D eigenvalue weighted by Crippen LogP contribution is 2.27. The molecule has 0 spiro atoms. The number of hydrogen-bond donors (Lipinski definition) is 2. The van der Waals surface area contributed by atoms with Crippen LogP contribution in [-0.2, 0) is 9.47 Å². The SMILES string of the molecule is C[C@]1(/C=N\Nc2nnc(N/N=C\[C@]3(C)CCC=CO3)c3ccccc23)CCC=CO1. The van der Waals surface area contributed by atoms with E-state index >= 15 is 0 Å². The van der Waals surface area contributed by atoms with Crippen molar-refractivity contribution in [1.82, 2.24) is 10.2 Å². The summed E-state index contributed by atoms with van der Waals surface area (Å²) in [5, 5.41) is 19.0. The van der Waals surface area contributed by atoms with Gasteiger partial charge < -0.3 is 9.47 Å². The summed E-state index contributed by atoms with van der Waals surface area (Å²) in [7, 11) is 0. The van der Waals surface area contributed by atoms with Crippen molar-refractivity contribution in [3.8, 4) is 0 Å². The fraction of sp³-hybridized carbons (Fsp3) is 0.364. The van der Waals surface area contributed by atoms with Crippen molar-refractivity contribution >= 4 is 34.8 Å². The molecule has 0 aliphatic carbocycles. The first kappa shape index (κ1) is 19.9. The molecule has 4 rings (SSSR count). The first-order valence-electron chi connectivity index (χ1n) is 10.1. The second-order valence-corrected chi connectivity index (χ2v) is 7.86. The number of hydrazone groups is 2. The average Bonchev–Trinajstić information content (AvgIpc) is 2.76. The van der Waals surface area contributed by atoms with Crippen LogP contribution in [0, 0.1) is 0 Å². The summed E-state index contributed by atoms with van der Waals surface area (Å²) >= 11 is 0. The molecule has 3 heterocycles. The Balaban J connectivity index is 1.50. The summed E-state index contributed by atoms with van der Waals surface area (Å²) in [5.74, 6) is 1.14. The lowest BCUT2D eigenvalue weighted by atomic mass is 10.00. The zero-order valence-electron chi connectivity index (χ0n) is 17.2. The quantitative estimate of drug-likeness (QED) is 0.538. The molecular weight excluding hydrogens is 380 g/mol. The monoisotopic (exact) mass is 406 g/mol. The number of hydrogen-bond acceptors (Lipinski definition) is 8. The van der Waals surface area contributed by atoms with Gasteiger partial charge in [-0.15, -0.1) is 10.2 Å². The summed E-state index contributed by atoms with van der Waals surface area (Å²) in [6.07, 6.45) is 14.7. The van der Waals surface area contributed by atoms with Crippen LogP contribution in [0.25, 0.3) is 10.8 Å². The van der Waals surface area contributed by atoms with Crippen molar-refractivity contribution in [3.05, 3.63) is 48.9 Å². The molecule has 0 saturated heterocycles. The third kappa shape index (κ3) is 4.59. The summed E-state index contributed by atoms with van der Waals surface area (Å²) in [4.78, 5) is 0. The van der Waals surface area contributed by atoms with Gasteiger partial charge in [0.2, 0.25) is 0 Å². The van der Waals surface area contributed by atoms with Crippen LogP contribution < -0.4 is 10.9 Å². The van der Waals surface area contributed by atoms with Gasteiger partial charge in [-0.05, 0) is 51.7 Å². The molecule has 8 nitrogen and oxygen atoms in total. The number of ether oxygens (including phenoxy) is 2. The van der Waals surface area contributed by atoms with E-state index in [0.29, 0.717) is 11.6 Å². The molecule has 0 radical (unpaired) electrons. The fourth-order valence-corrected chi connectivity index (χ4v) is 3.32. The molecule has 0 unspecified atom stereocenters. The van der Waals surface area contributed by atoms with Crippen LogP contribution in [0.15, 0.2) is 59.1 Å². The number of rotatable bonds is 6. The van der Waals surface area contributed by atoms with Crippen molar-refractivity contribution in [2.24, 2.45) is 10.2 Å². The number of fused-ring (bicyclic) bond motifs is 1. The normalized spacial score (nSPS) is 26.1. The van der Waals surface area contributed by atoms with Crippen molar-refractivity contribution in [2.45, 2.75) is 50.7 Å². The molecule has 0 fully saturated rings. The number of benzene rings is 1. The Labute approximate surface area is 175 Å². The molecule has 8 heteroatoms. The number of aromatic nitrogens is 2. The van der Waals surface area contributed by atoms with Gasteiger partial charge in [-0.1, -0.05) is 24.3 Å². The van der Waals surface area contributed by atoms with E-state index in [4.69, 9.17) is 9.47 Å². The molecule has 2 aliphatic heterocycles. The molecular formula is C22H26N6O2. The van der Waals surface area contributed by atoms with Gasteiger partial charge in [-0.25, -0.2) is 0 Å². The van der Waals surface area contributed by atoms with E-state index in [1.807, 2.05) is 50.3 Å². The van der Waals surface area contributed by atoms with E-state index in [1.54, 1.807) is 25.0 Å². The van der Waals surface area contributed by atoms with Crippen LogP contribution in [0.2, 0.25) is 0 Å². The lowest BCUT2D eigenvalue weighted by Crippen LogP contribution is -2.30. The van der Waals surface area contributed by atoms with Crippen molar-refractivity contribution in [2.75, 3.05) is 10.9 Å². The van der Waals surface area contributed by atoms with Gasteiger partial charge in [0.05, 0.1) is 25.0 Å². The average molecular weight is 406 g/mol. The number of nitrogens with one attached hydrogen (secondary N) is 2. The van der Waals surface area contributed by atoms with Crippen molar-refractivity contribution in [3.63, 3.8) is 0 Å². The van der Waals surface area contributed by atoms with Crippen molar-refractivity contribution < 1.29 is 9.47 Å². The van der Waals surface area contributed by atoms with Crippen LogP contribution in [0.5, 0.6) is 0 Å². The van der Waals surface area contributed by atoms with Crippen LogP contribution in [-0.4, -0.2) is 33.8 Å². The standard InChI is InChI=1S/C22H26N6O2/c1-21(11-5-7-13-29-21)15-23-25-19-17-9-3-4-10-18(17)20(28-27-19)26-24-16-22(2)12-6-8-14-30-22/h3-4,7-10,13-16H,5-6,11-12H2,1-2H3,(H,25,27)(H,26,28)/b23-15-,24-16-/t21-,22+. The van der Waals surface area contributed by atoms with Gasteiger partial charge in [-0.2, -0.15) is 10.2 Å². The Kier molecular flexibility index (Phi) is 5.65. The van der Waals surface area contributed by atoms with E-state index < -0.39 is 11.2 Å². The van der Waals surface area contributed by atoms with E-state index in [0.717, 1.165) is 36.5 Å². The molecule has 1 aromatic heterocycles. The third-order valence-electron chi connectivity index (χ3n) is 5.19. The maximum atomic E-state index is 5.67. The second-order valence-electron chi connectivity index (χ2n) is 7.86. The molecule has 0 saturated carbocycles. The fourth-order valence-electron chi connectivity index (χ4n) is 3.32. The maximum absolute atomic E-state index is 5.67. The first-order valence-corrected chi connectivity index (χ1v) is 10.1. The van der Waals surface area contributed by atoms with Gasteiger partial charge >= 0.3 is 0 Å². The van der Waals surface area contributed by atoms with Gasteiger partial charge in [-0.3, -0.25) is 10.9 Å². The van der Waals surface area contributed by atoms with E-state index in [-0.39, 0.29) is 0 Å². The smallest absolute Gasteiger partial charge is 0.176 e. The molecule has 2 aromatic rings. The van der Waals surface area contributed by atoms with E-state index in [2.05, 4.69) is 31.3 Å². The first-order chi connectivity index (χ1) is 14.6. The second kappa shape index (κ2) is 8.52. The highest BCUT2D eigenvalue weighted by atomic mass is 16.5. The zero-order valence-corrected chi connectivity index (χ0v) is 17.2. The Hall–Kier alpha value is -3.42. The van der Waals surface area contributed by atoms with E-state index in [9.17, 15) is 0 Å². The van der Waals surface area contributed by atoms with Crippen LogP contribution in [0.1, 0.15) is 39.5 Å². The Bertz CT molecular complexity index is 937. The highest BCUT2D eigenvalue weighted by molar-refractivity contribution is 5.98. The Morgan fingerprint density at radius 2 is 1.30 bits per heavy atom. The minimum Gasteiger partial charge on any atom is -0.490 e. The van der Waals surface area contributed by atoms with Crippen LogP contribution in [0.3, 0.4) is 0 Å². The topological polar surface area (TPSA) is 93.0 Å². The Morgan fingerprint density at radius 3 is 1.70 bits per heavy atom. The lowest BCUT2D eigenvalue weighted by molar-refractivity contribution is 0.0899. The van der Waals surface area contributed by atoms with Crippen LogP contribution >= 0.6 is 0 Å².